The zero-order valence-corrected chi connectivity index (χ0v) is 25.8. The number of amides is 2. The highest BCUT2D eigenvalue weighted by Crippen LogP contribution is 2.33. The Morgan fingerprint density at radius 3 is 2.17 bits per heavy atom. The number of para-hydroxylation sites is 2. The number of sulfonamides is 1. The van der Waals surface area contributed by atoms with Crippen LogP contribution in [0, 0.1) is 0 Å². The van der Waals surface area contributed by atoms with Gasteiger partial charge in [-0.25, -0.2) is 8.42 Å². The summed E-state index contributed by atoms with van der Waals surface area (Å²) >= 11 is 12.5. The van der Waals surface area contributed by atoms with E-state index in [4.69, 9.17) is 32.7 Å². The van der Waals surface area contributed by atoms with Crippen LogP contribution in [0.15, 0.2) is 71.6 Å². The molecule has 0 unspecified atom stereocenters. The summed E-state index contributed by atoms with van der Waals surface area (Å²) in [6.07, 6.45) is 0. The Kier molecular flexibility index (Phi) is 10.9. The summed E-state index contributed by atoms with van der Waals surface area (Å²) in [6, 6.07) is 16.0. The van der Waals surface area contributed by atoms with E-state index >= 15 is 0 Å². The fourth-order valence-electron chi connectivity index (χ4n) is 4.05. The molecule has 1 atom stereocenters. The van der Waals surface area contributed by atoms with E-state index in [9.17, 15) is 18.0 Å². The topological polar surface area (TPSA) is 105 Å². The highest BCUT2D eigenvalue weighted by atomic mass is 35.5. The summed E-state index contributed by atoms with van der Waals surface area (Å²) in [4.78, 5) is 28.3. The van der Waals surface area contributed by atoms with Crippen LogP contribution < -0.4 is 19.1 Å². The van der Waals surface area contributed by atoms with Crippen molar-refractivity contribution < 1.29 is 27.5 Å². The Labute approximate surface area is 251 Å². The molecule has 0 bridgehead atoms. The van der Waals surface area contributed by atoms with Crippen molar-refractivity contribution in [2.45, 2.75) is 44.3 Å². The molecule has 9 nitrogen and oxygen atoms in total. The molecule has 0 heterocycles. The van der Waals surface area contributed by atoms with Gasteiger partial charge in [0.15, 0.2) is 0 Å². The predicted octanol–water partition coefficient (Wildman–Crippen LogP) is 5.15. The number of methoxy groups -OCH3 is 2. The molecular formula is C29H33Cl2N3O6S. The third-order valence-corrected chi connectivity index (χ3v) is 8.60. The van der Waals surface area contributed by atoms with E-state index in [0.29, 0.717) is 21.4 Å². The highest BCUT2D eigenvalue weighted by molar-refractivity contribution is 7.92. The number of nitrogens with zero attached hydrogens (tertiary/aromatic N) is 2. The summed E-state index contributed by atoms with van der Waals surface area (Å²) in [5.41, 5.74) is 0.693. The van der Waals surface area contributed by atoms with Gasteiger partial charge < -0.3 is 19.7 Å². The van der Waals surface area contributed by atoms with Gasteiger partial charge in [-0.15, -0.1) is 0 Å². The molecular weight excluding hydrogens is 589 g/mol. The normalized spacial score (nSPS) is 12.0. The van der Waals surface area contributed by atoms with Gasteiger partial charge in [0, 0.05) is 22.6 Å². The zero-order valence-electron chi connectivity index (χ0n) is 23.4. The van der Waals surface area contributed by atoms with E-state index in [1.807, 2.05) is 0 Å². The Hall–Kier alpha value is -3.47. The number of carbonyl (C=O) groups is 2. The Balaban J connectivity index is 2.09. The van der Waals surface area contributed by atoms with Crippen LogP contribution in [0.25, 0.3) is 0 Å². The lowest BCUT2D eigenvalue weighted by Crippen LogP contribution is -2.52. The molecule has 0 aliphatic carbocycles. The largest absolute Gasteiger partial charge is 0.497 e. The molecule has 0 aromatic heterocycles. The summed E-state index contributed by atoms with van der Waals surface area (Å²) in [7, 11) is -1.40. The first-order valence-electron chi connectivity index (χ1n) is 12.7. The van der Waals surface area contributed by atoms with Crippen molar-refractivity contribution in [3.63, 3.8) is 0 Å². The van der Waals surface area contributed by atoms with Gasteiger partial charge in [0.25, 0.3) is 10.0 Å². The van der Waals surface area contributed by atoms with Gasteiger partial charge in [-0.05, 0) is 74.9 Å². The third kappa shape index (κ3) is 7.84. The van der Waals surface area contributed by atoms with Crippen molar-refractivity contribution in [1.82, 2.24) is 10.2 Å². The van der Waals surface area contributed by atoms with E-state index in [-0.39, 0.29) is 28.9 Å². The summed E-state index contributed by atoms with van der Waals surface area (Å²) < 4.78 is 39.6. The third-order valence-electron chi connectivity index (χ3n) is 6.23. The first-order valence-corrected chi connectivity index (χ1v) is 14.9. The molecule has 3 rings (SSSR count). The standard InChI is InChI=1S/C29H33Cl2N3O6S/c1-19(2)32-29(36)20(3)33(17-21-10-11-22(30)16-25(21)31)28(35)18-34(26-8-6-7-9-27(26)40-5)41(37,38)24-14-12-23(39-4)13-15-24/h6-16,19-20H,17-18H2,1-5H3,(H,32,36)/t20-/m1/s1. The molecule has 0 radical (unpaired) electrons. The van der Waals surface area contributed by atoms with Crippen LogP contribution in [0.5, 0.6) is 11.5 Å². The van der Waals surface area contributed by atoms with Crippen molar-refractivity contribution in [3.8, 4) is 11.5 Å². The van der Waals surface area contributed by atoms with Gasteiger partial charge in [0.1, 0.15) is 24.1 Å². The molecule has 0 saturated heterocycles. The van der Waals surface area contributed by atoms with Gasteiger partial charge in [-0.3, -0.25) is 13.9 Å². The number of rotatable bonds is 12. The zero-order chi connectivity index (χ0) is 30.3. The van der Waals surface area contributed by atoms with Crippen LogP contribution in [0.1, 0.15) is 26.3 Å². The first kappa shape index (κ1) is 32.0. The van der Waals surface area contributed by atoms with Gasteiger partial charge >= 0.3 is 0 Å². The van der Waals surface area contributed by atoms with Crippen LogP contribution >= 0.6 is 23.2 Å². The molecule has 3 aromatic rings. The average molecular weight is 623 g/mol. The minimum Gasteiger partial charge on any atom is -0.497 e. The number of hydrogen-bond acceptors (Lipinski definition) is 6. The molecule has 3 aromatic carbocycles. The lowest BCUT2D eigenvalue weighted by molar-refractivity contribution is -0.139. The quantitative estimate of drug-likeness (QED) is 0.300. The van der Waals surface area contributed by atoms with Crippen molar-refractivity contribution in [2.24, 2.45) is 0 Å². The first-order chi connectivity index (χ1) is 19.4. The molecule has 1 N–H and O–H groups in total. The monoisotopic (exact) mass is 621 g/mol. The molecule has 2 amide bonds. The van der Waals surface area contributed by atoms with E-state index in [0.717, 1.165) is 4.31 Å². The molecule has 220 valence electrons. The van der Waals surface area contributed by atoms with Crippen LogP contribution in [0.4, 0.5) is 5.69 Å². The van der Waals surface area contributed by atoms with Crippen molar-refractivity contribution in [2.75, 3.05) is 25.1 Å². The second-order valence-electron chi connectivity index (χ2n) is 9.46. The fourth-order valence-corrected chi connectivity index (χ4v) is 5.94. The van der Waals surface area contributed by atoms with Gasteiger partial charge in [-0.1, -0.05) is 41.4 Å². The Morgan fingerprint density at radius 1 is 0.927 bits per heavy atom. The van der Waals surface area contributed by atoms with Crippen LogP contribution in [-0.2, 0) is 26.2 Å². The molecule has 12 heteroatoms. The smallest absolute Gasteiger partial charge is 0.264 e. The van der Waals surface area contributed by atoms with Gasteiger partial charge in [0.05, 0.1) is 24.8 Å². The molecule has 0 spiro atoms. The summed E-state index contributed by atoms with van der Waals surface area (Å²) in [5.74, 6) is -0.319. The number of benzene rings is 3. The maximum atomic E-state index is 14.0. The summed E-state index contributed by atoms with van der Waals surface area (Å²) in [6.45, 7) is 4.49. The van der Waals surface area contributed by atoms with E-state index < -0.39 is 34.4 Å². The molecule has 0 aliphatic heterocycles. The van der Waals surface area contributed by atoms with Crippen LogP contribution in [0.3, 0.4) is 0 Å². The molecule has 0 fully saturated rings. The number of nitrogens with one attached hydrogen (secondary N) is 1. The predicted molar refractivity (Wildman–Crippen MR) is 160 cm³/mol. The van der Waals surface area contributed by atoms with Crippen LogP contribution in [0.2, 0.25) is 10.0 Å². The van der Waals surface area contributed by atoms with E-state index in [2.05, 4.69) is 5.32 Å². The minimum atomic E-state index is -4.29. The maximum absolute atomic E-state index is 14.0. The van der Waals surface area contributed by atoms with Crippen molar-refractivity contribution >= 4 is 50.7 Å². The fraction of sp³-hybridized carbons (Fsp3) is 0.310. The molecule has 0 aliphatic rings. The summed E-state index contributed by atoms with van der Waals surface area (Å²) in [5, 5.41) is 3.52. The maximum Gasteiger partial charge on any atom is 0.264 e. The Bertz CT molecular complexity index is 1480. The van der Waals surface area contributed by atoms with Gasteiger partial charge in [0.2, 0.25) is 11.8 Å². The Morgan fingerprint density at radius 2 is 1.59 bits per heavy atom. The lowest BCUT2D eigenvalue weighted by atomic mass is 10.1. The van der Waals surface area contributed by atoms with E-state index in [1.165, 1.54) is 49.5 Å². The van der Waals surface area contributed by atoms with Crippen LogP contribution in [-0.4, -0.2) is 58.0 Å². The van der Waals surface area contributed by atoms with E-state index in [1.54, 1.807) is 57.2 Å². The SMILES string of the molecule is COc1ccc(S(=O)(=O)N(CC(=O)N(Cc2ccc(Cl)cc2Cl)[C@H](C)C(=O)NC(C)C)c2ccccc2OC)cc1. The second kappa shape index (κ2) is 13.9. The van der Waals surface area contributed by atoms with Crippen molar-refractivity contribution in [3.05, 3.63) is 82.3 Å². The minimum absolute atomic E-state index is 0.0603. The number of halogens is 2. The highest BCUT2D eigenvalue weighted by Gasteiger charge is 2.34. The number of carbonyl (C=O) groups excluding carboxylic acids is 2. The average Bonchev–Trinajstić information content (AvgIpc) is 2.94. The van der Waals surface area contributed by atoms with Crippen molar-refractivity contribution in [1.29, 1.82) is 0 Å². The number of hydrogen-bond donors (Lipinski definition) is 1. The molecule has 0 saturated carbocycles. The second-order valence-corrected chi connectivity index (χ2v) is 12.2. The number of anilines is 1. The lowest BCUT2D eigenvalue weighted by Gasteiger charge is -2.32. The molecule has 41 heavy (non-hydrogen) atoms. The number of ether oxygens (including phenoxy) is 2. The van der Waals surface area contributed by atoms with Gasteiger partial charge in [-0.2, -0.15) is 0 Å².